The van der Waals surface area contributed by atoms with Gasteiger partial charge in [0.05, 0.1) is 10.0 Å². The van der Waals surface area contributed by atoms with Crippen molar-refractivity contribution in [2.75, 3.05) is 18.0 Å². The first-order chi connectivity index (χ1) is 13.1. The van der Waals surface area contributed by atoms with Gasteiger partial charge in [0.15, 0.2) is 0 Å². The molecule has 2 saturated heterocycles. The Morgan fingerprint density at radius 2 is 1.70 bits per heavy atom. The zero-order valence-electron chi connectivity index (χ0n) is 14.5. The Labute approximate surface area is 167 Å². The maximum atomic E-state index is 13.2. The lowest BCUT2D eigenvalue weighted by molar-refractivity contribution is 0.0733. The molecule has 2 fully saturated rings. The number of halogens is 2. The van der Waals surface area contributed by atoms with Crippen LogP contribution >= 0.6 is 23.2 Å². The van der Waals surface area contributed by atoms with E-state index in [1.54, 1.807) is 12.1 Å². The topological polar surface area (TPSA) is 26.8 Å². The average Bonchev–Trinajstić information content (AvgIpc) is 3.26. The molecule has 3 aromatic carbocycles. The van der Waals surface area contributed by atoms with E-state index in [1.165, 1.54) is 0 Å². The predicted molar refractivity (Wildman–Crippen MR) is 109 cm³/mol. The lowest BCUT2D eigenvalue weighted by Gasteiger charge is -2.29. The second-order valence-corrected chi connectivity index (χ2v) is 7.65. The molecule has 0 unspecified atom stereocenters. The van der Waals surface area contributed by atoms with Crippen LogP contribution in [0.5, 0.6) is 0 Å². The van der Waals surface area contributed by atoms with Crippen molar-refractivity contribution in [2.24, 2.45) is 0 Å². The highest BCUT2D eigenvalue weighted by molar-refractivity contribution is 6.42. The largest absolute Gasteiger partial charge is 0.340 e. The fourth-order valence-corrected chi connectivity index (χ4v) is 4.41. The summed E-state index contributed by atoms with van der Waals surface area (Å²) in [5.74, 6) is 0. The maximum absolute atomic E-state index is 13.2. The molecule has 0 radical (unpaired) electrons. The molecule has 2 heterocycles. The van der Waals surface area contributed by atoms with Gasteiger partial charge in [-0.2, -0.15) is 5.01 Å². The van der Waals surface area contributed by atoms with Crippen LogP contribution in [0.4, 0.5) is 10.5 Å². The number of hydrazine groups is 1. The number of hydrogen-bond donors (Lipinski definition) is 0. The van der Waals surface area contributed by atoms with E-state index in [0.717, 1.165) is 41.5 Å². The maximum Gasteiger partial charge on any atom is 0.340 e. The first kappa shape index (κ1) is 16.9. The molecule has 0 bridgehead atoms. The standard InChI is InChI=1S/C21H17Cl2N3O/c22-18-10-9-15(13-19(18)23)26-20(24-11-4-12-25(24)21(26)27)17-8-3-6-14-5-1-2-7-16(14)17/h1-3,5-10,13,20H,4,11-12H2/t20-/m0/s1. The Morgan fingerprint density at radius 3 is 2.56 bits per heavy atom. The number of anilines is 1. The van der Waals surface area contributed by atoms with Crippen LogP contribution in [0.2, 0.25) is 10.0 Å². The third-order valence-electron chi connectivity index (χ3n) is 5.30. The number of carbonyl (C=O) groups excluding carboxylic acids is 1. The number of fused-ring (bicyclic) bond motifs is 2. The molecule has 0 spiro atoms. The van der Waals surface area contributed by atoms with Gasteiger partial charge in [0.2, 0.25) is 0 Å². The van der Waals surface area contributed by atoms with Gasteiger partial charge in [-0.3, -0.25) is 9.91 Å². The monoisotopic (exact) mass is 397 g/mol. The minimum absolute atomic E-state index is 0.0242. The summed E-state index contributed by atoms with van der Waals surface area (Å²) in [4.78, 5) is 15.1. The molecule has 6 heteroatoms. The molecule has 3 aromatic rings. The Bertz CT molecular complexity index is 1050. The third-order valence-corrected chi connectivity index (χ3v) is 6.04. The van der Waals surface area contributed by atoms with Gasteiger partial charge in [-0.25, -0.2) is 4.79 Å². The van der Waals surface area contributed by atoms with Crippen LogP contribution in [0, 0.1) is 0 Å². The Hall–Kier alpha value is -2.27. The van der Waals surface area contributed by atoms with Crippen LogP contribution in [0.1, 0.15) is 18.2 Å². The Kier molecular flexibility index (Phi) is 4.01. The van der Waals surface area contributed by atoms with Crippen molar-refractivity contribution in [3.05, 3.63) is 76.3 Å². The van der Waals surface area contributed by atoms with Crippen molar-refractivity contribution < 1.29 is 4.79 Å². The van der Waals surface area contributed by atoms with Gasteiger partial charge in [0.1, 0.15) is 6.17 Å². The molecule has 0 aliphatic carbocycles. The molecule has 1 atom stereocenters. The highest BCUT2D eigenvalue weighted by Crippen LogP contribution is 2.43. The van der Waals surface area contributed by atoms with Crippen LogP contribution in [-0.2, 0) is 0 Å². The smallest absolute Gasteiger partial charge is 0.271 e. The van der Waals surface area contributed by atoms with Crippen molar-refractivity contribution in [3.8, 4) is 0 Å². The molecule has 27 heavy (non-hydrogen) atoms. The minimum atomic E-state index is -0.205. The summed E-state index contributed by atoms with van der Waals surface area (Å²) >= 11 is 12.3. The summed E-state index contributed by atoms with van der Waals surface area (Å²) in [5, 5.41) is 7.24. The van der Waals surface area contributed by atoms with Gasteiger partial charge in [-0.1, -0.05) is 65.7 Å². The summed E-state index contributed by atoms with van der Waals surface area (Å²) in [6, 6.07) is 19.9. The lowest BCUT2D eigenvalue weighted by Crippen LogP contribution is -2.32. The number of amides is 2. The van der Waals surface area contributed by atoms with Crippen molar-refractivity contribution in [2.45, 2.75) is 12.6 Å². The molecule has 0 aromatic heterocycles. The number of rotatable bonds is 2. The highest BCUT2D eigenvalue weighted by atomic mass is 35.5. The zero-order chi connectivity index (χ0) is 18.5. The second-order valence-electron chi connectivity index (χ2n) is 6.83. The molecule has 2 aliphatic rings. The van der Waals surface area contributed by atoms with E-state index in [0.29, 0.717) is 10.0 Å². The molecule has 5 rings (SSSR count). The fraction of sp³-hybridized carbons (Fsp3) is 0.190. The minimum Gasteiger partial charge on any atom is -0.271 e. The highest BCUT2D eigenvalue weighted by Gasteiger charge is 2.48. The van der Waals surface area contributed by atoms with Crippen LogP contribution in [0.25, 0.3) is 10.8 Å². The molecular formula is C21H17Cl2N3O. The van der Waals surface area contributed by atoms with Crippen LogP contribution in [0.3, 0.4) is 0 Å². The summed E-state index contributed by atoms with van der Waals surface area (Å²) in [5.41, 5.74) is 1.86. The zero-order valence-corrected chi connectivity index (χ0v) is 16.0. The van der Waals surface area contributed by atoms with E-state index >= 15 is 0 Å². The van der Waals surface area contributed by atoms with Crippen molar-refractivity contribution in [3.63, 3.8) is 0 Å². The summed E-state index contributed by atoms with van der Waals surface area (Å²) in [7, 11) is 0. The molecule has 2 aliphatic heterocycles. The van der Waals surface area contributed by atoms with Gasteiger partial charge in [-0.15, -0.1) is 0 Å². The molecule has 0 N–H and O–H groups in total. The van der Waals surface area contributed by atoms with Crippen molar-refractivity contribution in [1.29, 1.82) is 0 Å². The Balaban J connectivity index is 1.71. The summed E-state index contributed by atoms with van der Waals surface area (Å²) in [6.07, 6.45) is 0.769. The fourth-order valence-electron chi connectivity index (χ4n) is 4.12. The second kappa shape index (κ2) is 6.41. The van der Waals surface area contributed by atoms with Crippen molar-refractivity contribution in [1.82, 2.24) is 10.0 Å². The number of benzene rings is 3. The average molecular weight is 398 g/mol. The first-order valence-electron chi connectivity index (χ1n) is 8.95. The van der Waals surface area contributed by atoms with Crippen LogP contribution in [0.15, 0.2) is 60.7 Å². The number of nitrogens with zero attached hydrogens (tertiary/aromatic N) is 3. The molecule has 4 nitrogen and oxygen atoms in total. The number of carbonyl (C=O) groups is 1. The lowest BCUT2D eigenvalue weighted by atomic mass is 10.0. The summed E-state index contributed by atoms with van der Waals surface area (Å²) in [6.45, 7) is 1.58. The SMILES string of the molecule is O=C1N(c2ccc(Cl)c(Cl)c2)[C@@H](c2cccc3ccccc23)N2CCCN12. The van der Waals surface area contributed by atoms with E-state index in [1.807, 2.05) is 34.2 Å². The number of urea groups is 1. The van der Waals surface area contributed by atoms with Gasteiger partial charge >= 0.3 is 6.03 Å². The molecule has 136 valence electrons. The van der Waals surface area contributed by atoms with E-state index in [2.05, 4.69) is 29.3 Å². The number of hydrogen-bond acceptors (Lipinski definition) is 2. The van der Waals surface area contributed by atoms with E-state index < -0.39 is 0 Å². The molecule has 2 amide bonds. The van der Waals surface area contributed by atoms with Gasteiger partial charge in [-0.05, 0) is 41.0 Å². The first-order valence-corrected chi connectivity index (χ1v) is 9.71. The third kappa shape index (κ3) is 2.59. The summed E-state index contributed by atoms with van der Waals surface area (Å²) < 4.78 is 0. The van der Waals surface area contributed by atoms with Crippen LogP contribution < -0.4 is 4.90 Å². The van der Waals surface area contributed by atoms with Crippen molar-refractivity contribution >= 4 is 45.7 Å². The van der Waals surface area contributed by atoms with E-state index in [9.17, 15) is 4.79 Å². The van der Waals surface area contributed by atoms with E-state index in [4.69, 9.17) is 23.2 Å². The quantitative estimate of drug-likeness (QED) is 0.553. The van der Waals surface area contributed by atoms with E-state index in [-0.39, 0.29) is 12.2 Å². The van der Waals surface area contributed by atoms with Gasteiger partial charge < -0.3 is 0 Å². The normalized spacial score (nSPS) is 19.9. The van der Waals surface area contributed by atoms with Gasteiger partial charge in [0, 0.05) is 18.8 Å². The van der Waals surface area contributed by atoms with Crippen LogP contribution in [-0.4, -0.2) is 29.1 Å². The Morgan fingerprint density at radius 1 is 0.889 bits per heavy atom. The molecular weight excluding hydrogens is 381 g/mol. The van der Waals surface area contributed by atoms with Gasteiger partial charge in [0.25, 0.3) is 0 Å². The predicted octanol–water partition coefficient (Wildman–Crippen LogP) is 5.71. The molecule has 0 saturated carbocycles.